The van der Waals surface area contributed by atoms with E-state index in [4.69, 9.17) is 10.5 Å². The molecule has 0 spiro atoms. The third-order valence-electron chi connectivity index (χ3n) is 3.19. The van der Waals surface area contributed by atoms with Crippen LogP contribution in [0.25, 0.3) is 0 Å². The Bertz CT molecular complexity index is 671. The fraction of sp³-hybridized carbons (Fsp3) is 0.188. The predicted octanol–water partition coefficient (Wildman–Crippen LogP) is 3.28. The Hall–Kier alpha value is -2.01. The monoisotopic (exact) mass is 348 g/mol. The Morgan fingerprint density at radius 2 is 2.05 bits per heavy atom. The first-order valence-electron chi connectivity index (χ1n) is 6.48. The number of carbonyl (C=O) groups is 1. The number of nitrogens with one attached hydrogen (secondary N) is 1. The van der Waals surface area contributed by atoms with Crippen molar-refractivity contribution >= 4 is 27.5 Å². The summed E-state index contributed by atoms with van der Waals surface area (Å²) in [7, 11) is 1.57. The highest BCUT2D eigenvalue weighted by molar-refractivity contribution is 9.10. The number of hydrogen-bond donors (Lipinski definition) is 2. The van der Waals surface area contributed by atoms with E-state index < -0.39 is 0 Å². The highest BCUT2D eigenvalue weighted by Crippen LogP contribution is 2.22. The number of benzene rings is 2. The minimum absolute atomic E-state index is 0.108. The van der Waals surface area contributed by atoms with Gasteiger partial charge in [-0.2, -0.15) is 0 Å². The molecule has 2 aromatic carbocycles. The number of anilines is 1. The Morgan fingerprint density at radius 3 is 2.71 bits per heavy atom. The van der Waals surface area contributed by atoms with Crippen LogP contribution in [0.4, 0.5) is 5.69 Å². The van der Waals surface area contributed by atoms with Crippen LogP contribution in [0, 0.1) is 6.92 Å². The molecule has 1 amide bonds. The lowest BCUT2D eigenvalue weighted by Gasteiger charge is -2.10. The van der Waals surface area contributed by atoms with Crippen molar-refractivity contribution in [2.75, 3.05) is 12.8 Å². The van der Waals surface area contributed by atoms with Gasteiger partial charge in [0, 0.05) is 16.6 Å². The number of rotatable bonds is 4. The maximum Gasteiger partial charge on any atom is 0.251 e. The summed E-state index contributed by atoms with van der Waals surface area (Å²) < 4.78 is 5.99. The summed E-state index contributed by atoms with van der Waals surface area (Å²) in [5, 5.41) is 2.89. The first kappa shape index (κ1) is 15.4. The van der Waals surface area contributed by atoms with Gasteiger partial charge >= 0.3 is 0 Å². The standard InChI is InChI=1S/C16H17BrN2O2/c1-10-3-5-12(17)8-13(10)16(20)19-9-11-4-6-15(21-2)14(18)7-11/h3-8H,9,18H2,1-2H3,(H,19,20). The summed E-state index contributed by atoms with van der Waals surface area (Å²) >= 11 is 3.38. The number of hydrogen-bond acceptors (Lipinski definition) is 3. The first-order chi connectivity index (χ1) is 10.0. The number of methoxy groups -OCH3 is 1. The summed E-state index contributed by atoms with van der Waals surface area (Å²) in [5.74, 6) is 0.524. The van der Waals surface area contributed by atoms with Crippen LogP contribution in [0.2, 0.25) is 0 Å². The van der Waals surface area contributed by atoms with Crippen molar-refractivity contribution in [2.45, 2.75) is 13.5 Å². The normalized spacial score (nSPS) is 10.2. The lowest BCUT2D eigenvalue weighted by molar-refractivity contribution is 0.0950. The van der Waals surface area contributed by atoms with Gasteiger partial charge in [0.25, 0.3) is 5.91 Å². The minimum Gasteiger partial charge on any atom is -0.495 e. The summed E-state index contributed by atoms with van der Waals surface area (Å²) in [4.78, 5) is 12.2. The van der Waals surface area contributed by atoms with E-state index >= 15 is 0 Å². The maximum absolute atomic E-state index is 12.2. The van der Waals surface area contributed by atoms with Crippen molar-refractivity contribution < 1.29 is 9.53 Å². The molecule has 0 saturated heterocycles. The second kappa shape index (κ2) is 6.63. The smallest absolute Gasteiger partial charge is 0.251 e. The molecule has 0 unspecified atom stereocenters. The van der Waals surface area contributed by atoms with E-state index in [1.807, 2.05) is 31.2 Å². The topological polar surface area (TPSA) is 64.3 Å². The van der Waals surface area contributed by atoms with E-state index in [9.17, 15) is 4.79 Å². The van der Waals surface area contributed by atoms with E-state index in [1.165, 1.54) is 0 Å². The van der Waals surface area contributed by atoms with E-state index in [0.29, 0.717) is 23.5 Å². The summed E-state index contributed by atoms with van der Waals surface area (Å²) in [6.45, 7) is 2.33. The molecular weight excluding hydrogens is 332 g/mol. The molecule has 0 aliphatic rings. The van der Waals surface area contributed by atoms with Crippen LogP contribution in [0.15, 0.2) is 40.9 Å². The third kappa shape index (κ3) is 3.76. The molecule has 2 aromatic rings. The van der Waals surface area contributed by atoms with Gasteiger partial charge in [0.05, 0.1) is 12.8 Å². The number of amides is 1. The molecule has 0 saturated carbocycles. The molecule has 3 N–H and O–H groups in total. The Balaban J connectivity index is 2.07. The zero-order chi connectivity index (χ0) is 15.4. The second-order valence-electron chi connectivity index (χ2n) is 4.72. The van der Waals surface area contributed by atoms with Crippen LogP contribution in [-0.2, 0) is 6.54 Å². The number of carbonyl (C=O) groups excluding carboxylic acids is 1. The highest BCUT2D eigenvalue weighted by atomic mass is 79.9. The van der Waals surface area contributed by atoms with Crippen molar-refractivity contribution in [3.8, 4) is 5.75 Å². The number of nitrogens with two attached hydrogens (primary N) is 1. The van der Waals surface area contributed by atoms with Crippen molar-refractivity contribution in [1.29, 1.82) is 0 Å². The van der Waals surface area contributed by atoms with Gasteiger partial charge in [0.1, 0.15) is 5.75 Å². The average molecular weight is 349 g/mol. The Morgan fingerprint density at radius 1 is 1.29 bits per heavy atom. The second-order valence-corrected chi connectivity index (χ2v) is 5.63. The number of nitrogen functional groups attached to an aromatic ring is 1. The molecule has 2 rings (SSSR count). The summed E-state index contributed by atoms with van der Waals surface area (Å²) in [6, 6.07) is 11.1. The summed E-state index contributed by atoms with van der Waals surface area (Å²) in [6.07, 6.45) is 0. The van der Waals surface area contributed by atoms with Crippen molar-refractivity contribution in [3.63, 3.8) is 0 Å². The maximum atomic E-state index is 12.2. The third-order valence-corrected chi connectivity index (χ3v) is 3.68. The molecule has 0 radical (unpaired) electrons. The lowest BCUT2D eigenvalue weighted by Crippen LogP contribution is -2.23. The molecule has 0 fully saturated rings. The van der Waals surface area contributed by atoms with Crippen LogP contribution in [0.5, 0.6) is 5.75 Å². The molecule has 0 atom stereocenters. The molecule has 0 aliphatic carbocycles. The van der Waals surface area contributed by atoms with Gasteiger partial charge in [-0.05, 0) is 42.3 Å². The fourth-order valence-electron chi connectivity index (χ4n) is 2.01. The van der Waals surface area contributed by atoms with Crippen LogP contribution < -0.4 is 15.8 Å². The quantitative estimate of drug-likeness (QED) is 0.833. The van der Waals surface area contributed by atoms with Gasteiger partial charge in [-0.25, -0.2) is 0 Å². The van der Waals surface area contributed by atoms with Crippen molar-refractivity contribution in [1.82, 2.24) is 5.32 Å². The number of ether oxygens (including phenoxy) is 1. The molecule has 5 heteroatoms. The van der Waals surface area contributed by atoms with Crippen LogP contribution in [0.3, 0.4) is 0 Å². The van der Waals surface area contributed by atoms with Crippen molar-refractivity contribution in [2.24, 2.45) is 0 Å². The first-order valence-corrected chi connectivity index (χ1v) is 7.27. The molecule has 4 nitrogen and oxygen atoms in total. The predicted molar refractivity (Wildman–Crippen MR) is 87.5 cm³/mol. The molecule has 0 bridgehead atoms. The van der Waals surface area contributed by atoms with Gasteiger partial charge in [-0.15, -0.1) is 0 Å². The fourth-order valence-corrected chi connectivity index (χ4v) is 2.37. The van der Waals surface area contributed by atoms with E-state index in [0.717, 1.165) is 15.6 Å². The van der Waals surface area contributed by atoms with Crippen LogP contribution in [0.1, 0.15) is 21.5 Å². The van der Waals surface area contributed by atoms with Gasteiger partial charge in [0.15, 0.2) is 0 Å². The zero-order valence-corrected chi connectivity index (χ0v) is 13.5. The minimum atomic E-state index is -0.108. The average Bonchev–Trinajstić information content (AvgIpc) is 2.47. The van der Waals surface area contributed by atoms with E-state index in [1.54, 1.807) is 19.2 Å². The largest absolute Gasteiger partial charge is 0.495 e. The van der Waals surface area contributed by atoms with Gasteiger partial charge in [0.2, 0.25) is 0 Å². The molecule has 110 valence electrons. The Kier molecular flexibility index (Phi) is 4.85. The molecule has 0 aromatic heterocycles. The van der Waals surface area contributed by atoms with Crippen molar-refractivity contribution in [3.05, 3.63) is 57.6 Å². The Labute approximate surface area is 132 Å². The molecule has 0 heterocycles. The van der Waals surface area contributed by atoms with E-state index in [-0.39, 0.29) is 5.91 Å². The molecule has 0 aliphatic heterocycles. The number of halogens is 1. The number of aryl methyl sites for hydroxylation is 1. The van der Waals surface area contributed by atoms with Gasteiger partial charge in [-0.1, -0.05) is 28.1 Å². The summed E-state index contributed by atoms with van der Waals surface area (Å²) in [5.41, 5.74) is 8.93. The molecule has 21 heavy (non-hydrogen) atoms. The van der Waals surface area contributed by atoms with Gasteiger partial charge in [-0.3, -0.25) is 4.79 Å². The SMILES string of the molecule is COc1ccc(CNC(=O)c2cc(Br)ccc2C)cc1N. The lowest BCUT2D eigenvalue weighted by atomic mass is 10.1. The molecular formula is C16H17BrN2O2. The van der Waals surface area contributed by atoms with Gasteiger partial charge < -0.3 is 15.8 Å². The van der Waals surface area contributed by atoms with Crippen LogP contribution >= 0.6 is 15.9 Å². The zero-order valence-electron chi connectivity index (χ0n) is 11.9. The van der Waals surface area contributed by atoms with E-state index in [2.05, 4.69) is 21.2 Å². The van der Waals surface area contributed by atoms with Crippen LogP contribution in [-0.4, -0.2) is 13.0 Å². The highest BCUT2D eigenvalue weighted by Gasteiger charge is 2.09.